The molecular weight excluding hydrogens is 162 g/mol. The van der Waals surface area contributed by atoms with Crippen molar-refractivity contribution in [3.63, 3.8) is 0 Å². The van der Waals surface area contributed by atoms with Crippen molar-refractivity contribution in [1.82, 2.24) is 0 Å². The monoisotopic (exact) mass is 166 g/mol. The lowest BCUT2D eigenvalue weighted by Gasteiger charge is -1.90. The lowest BCUT2D eigenvalue weighted by Crippen LogP contribution is -1.76. The molecule has 1 heterocycles. The Balaban J connectivity index is 2.78. The maximum absolute atomic E-state index is 11.8. The summed E-state index contributed by atoms with van der Waals surface area (Å²) < 4.78 is 28.2. The van der Waals surface area contributed by atoms with Gasteiger partial charge >= 0.3 is 0 Å². The Labute approximate surface area is 61.6 Å². The summed E-state index contributed by atoms with van der Waals surface area (Å²) in [5, 5.41) is 0. The molecule has 1 rings (SSSR count). The molecule has 56 valence electrons. The minimum atomic E-state index is -2.54. The molecule has 10 heavy (non-hydrogen) atoms. The molecule has 1 nitrogen and oxygen atoms in total. The van der Waals surface area contributed by atoms with E-state index < -0.39 is 6.43 Å². The summed E-state index contributed by atoms with van der Waals surface area (Å²) in [5.74, 6) is 0.180. The quantitative estimate of drug-likeness (QED) is 0.616. The van der Waals surface area contributed by atoms with Crippen molar-refractivity contribution in [3.05, 3.63) is 23.7 Å². The van der Waals surface area contributed by atoms with E-state index in [0.29, 0.717) is 5.76 Å². The SMILES string of the molecule is FC(F)c1ccc(CCl)o1. The number of furan rings is 1. The molecule has 0 saturated heterocycles. The summed E-state index contributed by atoms with van der Waals surface area (Å²) >= 11 is 5.31. The van der Waals surface area contributed by atoms with Crippen LogP contribution >= 0.6 is 11.6 Å². The molecule has 0 aliphatic carbocycles. The van der Waals surface area contributed by atoms with Crippen LogP contribution in [0, 0.1) is 0 Å². The van der Waals surface area contributed by atoms with E-state index in [0.717, 1.165) is 0 Å². The Bertz CT molecular complexity index is 209. The van der Waals surface area contributed by atoms with Gasteiger partial charge < -0.3 is 4.42 Å². The molecule has 1 aromatic heterocycles. The first-order chi connectivity index (χ1) is 4.74. The molecule has 0 saturated carbocycles. The third-order valence-corrected chi connectivity index (χ3v) is 1.29. The molecule has 0 amide bonds. The van der Waals surface area contributed by atoms with Gasteiger partial charge in [-0.2, -0.15) is 0 Å². The lowest BCUT2D eigenvalue weighted by atomic mass is 10.4. The zero-order valence-electron chi connectivity index (χ0n) is 4.98. The third-order valence-electron chi connectivity index (χ3n) is 1.03. The Hall–Kier alpha value is -0.570. The van der Waals surface area contributed by atoms with Gasteiger partial charge in [0.25, 0.3) is 6.43 Å². The van der Waals surface area contributed by atoms with Crippen molar-refractivity contribution in [2.45, 2.75) is 12.3 Å². The van der Waals surface area contributed by atoms with E-state index in [2.05, 4.69) is 4.42 Å². The highest BCUT2D eigenvalue weighted by Crippen LogP contribution is 2.21. The minimum Gasteiger partial charge on any atom is -0.459 e. The fourth-order valence-electron chi connectivity index (χ4n) is 0.584. The standard InChI is InChI=1S/C6H5ClF2O/c7-3-4-1-2-5(10-4)6(8)9/h1-2,6H,3H2. The van der Waals surface area contributed by atoms with Crippen LogP contribution in [0.4, 0.5) is 8.78 Å². The zero-order chi connectivity index (χ0) is 7.56. The van der Waals surface area contributed by atoms with Crippen LogP contribution in [0.15, 0.2) is 16.5 Å². The van der Waals surface area contributed by atoms with Gasteiger partial charge in [-0.15, -0.1) is 11.6 Å². The van der Waals surface area contributed by atoms with E-state index in [1.54, 1.807) is 0 Å². The van der Waals surface area contributed by atoms with Gasteiger partial charge in [0.1, 0.15) is 5.76 Å². The molecular formula is C6H5ClF2O. The van der Waals surface area contributed by atoms with Crippen molar-refractivity contribution < 1.29 is 13.2 Å². The van der Waals surface area contributed by atoms with Crippen molar-refractivity contribution >= 4 is 11.6 Å². The van der Waals surface area contributed by atoms with Gasteiger partial charge in [0.05, 0.1) is 5.88 Å². The topological polar surface area (TPSA) is 13.1 Å². The van der Waals surface area contributed by atoms with Gasteiger partial charge in [-0.1, -0.05) is 0 Å². The number of hydrogen-bond acceptors (Lipinski definition) is 1. The molecule has 0 aliphatic rings. The summed E-state index contributed by atoms with van der Waals surface area (Å²) in [6.45, 7) is 0. The molecule has 0 spiro atoms. The normalized spacial score (nSPS) is 10.8. The molecule has 0 bridgehead atoms. The highest BCUT2D eigenvalue weighted by molar-refractivity contribution is 6.16. The molecule has 0 aromatic carbocycles. The van der Waals surface area contributed by atoms with E-state index >= 15 is 0 Å². The van der Waals surface area contributed by atoms with E-state index in [1.807, 2.05) is 0 Å². The minimum absolute atomic E-state index is 0.132. The Morgan fingerprint density at radius 3 is 2.50 bits per heavy atom. The van der Waals surface area contributed by atoms with Crippen LogP contribution in [-0.2, 0) is 5.88 Å². The van der Waals surface area contributed by atoms with E-state index in [1.165, 1.54) is 12.1 Å². The maximum atomic E-state index is 11.8. The average Bonchev–Trinajstić information content (AvgIpc) is 2.34. The Morgan fingerprint density at radius 1 is 1.50 bits per heavy atom. The summed E-state index contributed by atoms with van der Waals surface area (Å²) in [6.07, 6.45) is -2.54. The summed E-state index contributed by atoms with van der Waals surface area (Å²) in [5.41, 5.74) is 0. The zero-order valence-corrected chi connectivity index (χ0v) is 5.74. The van der Waals surface area contributed by atoms with Crippen LogP contribution in [0.3, 0.4) is 0 Å². The predicted octanol–water partition coefficient (Wildman–Crippen LogP) is 2.96. The molecule has 0 fully saturated rings. The first kappa shape index (κ1) is 7.54. The fraction of sp³-hybridized carbons (Fsp3) is 0.333. The molecule has 4 heteroatoms. The van der Waals surface area contributed by atoms with Gasteiger partial charge in [-0.25, -0.2) is 8.78 Å². The van der Waals surface area contributed by atoms with Gasteiger partial charge in [0.15, 0.2) is 5.76 Å². The second-order valence-corrected chi connectivity index (χ2v) is 2.01. The third kappa shape index (κ3) is 1.48. The van der Waals surface area contributed by atoms with E-state index in [4.69, 9.17) is 11.6 Å². The van der Waals surface area contributed by atoms with Crippen LogP contribution in [0.1, 0.15) is 17.9 Å². The smallest absolute Gasteiger partial charge is 0.295 e. The van der Waals surface area contributed by atoms with Crippen LogP contribution in [0.5, 0.6) is 0 Å². The van der Waals surface area contributed by atoms with Gasteiger partial charge in [0, 0.05) is 0 Å². The second kappa shape index (κ2) is 3.01. The highest BCUT2D eigenvalue weighted by atomic mass is 35.5. The van der Waals surface area contributed by atoms with Crippen molar-refractivity contribution in [3.8, 4) is 0 Å². The van der Waals surface area contributed by atoms with Crippen molar-refractivity contribution in [1.29, 1.82) is 0 Å². The number of rotatable bonds is 2. The first-order valence-electron chi connectivity index (χ1n) is 2.66. The summed E-state index contributed by atoms with van der Waals surface area (Å²) in [7, 11) is 0. The molecule has 0 N–H and O–H groups in total. The molecule has 0 aliphatic heterocycles. The molecule has 1 aromatic rings. The molecule has 0 atom stereocenters. The van der Waals surface area contributed by atoms with Crippen LogP contribution in [-0.4, -0.2) is 0 Å². The number of hydrogen-bond donors (Lipinski definition) is 0. The van der Waals surface area contributed by atoms with Crippen LogP contribution in [0.25, 0.3) is 0 Å². The molecule has 0 unspecified atom stereocenters. The number of alkyl halides is 3. The maximum Gasteiger partial charge on any atom is 0.295 e. The van der Waals surface area contributed by atoms with Gasteiger partial charge in [0.2, 0.25) is 0 Å². The van der Waals surface area contributed by atoms with E-state index in [-0.39, 0.29) is 11.6 Å². The van der Waals surface area contributed by atoms with Crippen molar-refractivity contribution in [2.24, 2.45) is 0 Å². The molecule has 0 radical (unpaired) electrons. The van der Waals surface area contributed by atoms with Crippen LogP contribution in [0.2, 0.25) is 0 Å². The summed E-state index contributed by atoms with van der Waals surface area (Å²) in [4.78, 5) is 0. The van der Waals surface area contributed by atoms with Crippen LogP contribution < -0.4 is 0 Å². The highest BCUT2D eigenvalue weighted by Gasteiger charge is 2.10. The Morgan fingerprint density at radius 2 is 2.20 bits per heavy atom. The second-order valence-electron chi connectivity index (χ2n) is 1.74. The average molecular weight is 167 g/mol. The van der Waals surface area contributed by atoms with E-state index in [9.17, 15) is 8.78 Å². The number of halogens is 3. The van der Waals surface area contributed by atoms with Gasteiger partial charge in [-0.05, 0) is 12.1 Å². The first-order valence-corrected chi connectivity index (χ1v) is 3.20. The van der Waals surface area contributed by atoms with Crippen molar-refractivity contribution in [2.75, 3.05) is 0 Å². The largest absolute Gasteiger partial charge is 0.459 e. The lowest BCUT2D eigenvalue weighted by molar-refractivity contribution is 0.120. The predicted molar refractivity (Wildman–Crippen MR) is 33.2 cm³/mol. The Kier molecular flexibility index (Phi) is 2.27. The summed E-state index contributed by atoms with van der Waals surface area (Å²) in [6, 6.07) is 2.66. The fourth-order valence-corrected chi connectivity index (χ4v) is 0.727. The van der Waals surface area contributed by atoms with Gasteiger partial charge in [-0.3, -0.25) is 0 Å².